The summed E-state index contributed by atoms with van der Waals surface area (Å²) in [5.74, 6) is -0.224. The highest BCUT2D eigenvalue weighted by Crippen LogP contribution is 2.38. The Morgan fingerprint density at radius 1 is 0.900 bits per heavy atom. The van der Waals surface area contributed by atoms with Crippen LogP contribution in [-0.4, -0.2) is 0 Å². The highest BCUT2D eigenvalue weighted by molar-refractivity contribution is 9.10. The molecule has 0 amide bonds. The second kappa shape index (κ2) is 5.98. The molecule has 0 aliphatic heterocycles. The molecule has 0 radical (unpaired) electrons. The summed E-state index contributed by atoms with van der Waals surface area (Å²) >= 11 is 7.10. The summed E-state index contributed by atoms with van der Waals surface area (Å²) in [7, 11) is 0. The Hall–Kier alpha value is -0.670. The van der Waals surface area contributed by atoms with E-state index in [0.717, 1.165) is 10.0 Å². The zero-order valence-electron chi connectivity index (χ0n) is 12.0. The molecule has 0 saturated carbocycles. The fourth-order valence-electron chi connectivity index (χ4n) is 2.52. The average Bonchev–Trinajstić information content (AvgIpc) is 2.35. The molecule has 1 unspecified atom stereocenters. The first kappa shape index (κ1) is 15.7. The third kappa shape index (κ3) is 2.99. The van der Waals surface area contributed by atoms with Gasteiger partial charge in [0.05, 0.1) is 4.83 Å². The van der Waals surface area contributed by atoms with Crippen LogP contribution in [0.3, 0.4) is 0 Å². The molecule has 0 bridgehead atoms. The van der Waals surface area contributed by atoms with Gasteiger partial charge in [0.25, 0.3) is 0 Å². The molecule has 0 aromatic heterocycles. The molecule has 0 nitrogen and oxygen atoms in total. The first-order chi connectivity index (χ1) is 9.31. The van der Waals surface area contributed by atoms with Gasteiger partial charge in [0.2, 0.25) is 0 Å². The van der Waals surface area contributed by atoms with Crippen molar-refractivity contribution < 1.29 is 4.39 Å². The summed E-state index contributed by atoms with van der Waals surface area (Å²) in [6.45, 7) is 8.48. The lowest BCUT2D eigenvalue weighted by Gasteiger charge is -2.20. The zero-order valence-corrected chi connectivity index (χ0v) is 15.2. The maximum absolute atomic E-state index is 13.6. The lowest BCUT2D eigenvalue weighted by molar-refractivity contribution is 0.625. The average molecular weight is 400 g/mol. The summed E-state index contributed by atoms with van der Waals surface area (Å²) in [6, 6.07) is 7.22. The van der Waals surface area contributed by atoms with Crippen molar-refractivity contribution in [1.82, 2.24) is 0 Å². The molecule has 20 heavy (non-hydrogen) atoms. The van der Waals surface area contributed by atoms with E-state index in [0.29, 0.717) is 0 Å². The molecule has 1 atom stereocenters. The van der Waals surface area contributed by atoms with Gasteiger partial charge in [-0.3, -0.25) is 0 Å². The molecule has 3 heteroatoms. The molecule has 0 heterocycles. The van der Waals surface area contributed by atoms with Crippen LogP contribution in [0.5, 0.6) is 0 Å². The second-order valence-electron chi connectivity index (χ2n) is 5.24. The smallest absolute Gasteiger partial charge is 0.124 e. The van der Waals surface area contributed by atoms with Gasteiger partial charge >= 0.3 is 0 Å². The van der Waals surface area contributed by atoms with E-state index < -0.39 is 0 Å². The third-order valence-corrected chi connectivity index (χ3v) is 5.30. The van der Waals surface area contributed by atoms with E-state index in [1.54, 1.807) is 6.07 Å². The molecule has 0 spiro atoms. The van der Waals surface area contributed by atoms with Crippen molar-refractivity contribution in [3.05, 3.63) is 67.9 Å². The monoisotopic (exact) mass is 398 g/mol. The second-order valence-corrected chi connectivity index (χ2v) is 7.07. The van der Waals surface area contributed by atoms with Crippen molar-refractivity contribution in [2.75, 3.05) is 0 Å². The largest absolute Gasteiger partial charge is 0.207 e. The fourth-order valence-corrected chi connectivity index (χ4v) is 3.95. The molecule has 2 rings (SSSR count). The first-order valence-electron chi connectivity index (χ1n) is 6.48. The Bertz CT molecular complexity index is 616. The van der Waals surface area contributed by atoms with E-state index in [-0.39, 0.29) is 10.6 Å². The number of benzene rings is 2. The van der Waals surface area contributed by atoms with Crippen LogP contribution in [0.15, 0.2) is 28.7 Å². The van der Waals surface area contributed by atoms with Crippen molar-refractivity contribution in [2.24, 2.45) is 0 Å². The van der Waals surface area contributed by atoms with Gasteiger partial charge in [0.15, 0.2) is 0 Å². The Balaban J connectivity index is 2.61. The van der Waals surface area contributed by atoms with Gasteiger partial charge in [0.1, 0.15) is 5.82 Å². The lowest BCUT2D eigenvalue weighted by atomic mass is 9.90. The number of rotatable bonds is 2. The number of halogens is 3. The van der Waals surface area contributed by atoms with Crippen LogP contribution in [-0.2, 0) is 0 Å². The predicted octanol–water partition coefficient (Wildman–Crippen LogP) is 6.31. The van der Waals surface area contributed by atoms with E-state index in [2.05, 4.69) is 65.6 Å². The minimum absolute atomic E-state index is 0.00639. The summed E-state index contributed by atoms with van der Waals surface area (Å²) in [5.41, 5.74) is 7.21. The summed E-state index contributed by atoms with van der Waals surface area (Å²) in [6.07, 6.45) is 0. The standard InChI is InChI=1S/C17H17Br2F/c1-9-5-10(2)12(4)16(11(9)3)17(19)13-6-14(18)8-15(20)7-13/h5-8,17H,1-4H3. The zero-order chi connectivity index (χ0) is 15.0. The Morgan fingerprint density at radius 3 is 1.95 bits per heavy atom. The lowest BCUT2D eigenvalue weighted by Crippen LogP contribution is -2.03. The van der Waals surface area contributed by atoms with Gasteiger partial charge in [-0.05, 0) is 79.3 Å². The molecule has 0 aliphatic carbocycles. The van der Waals surface area contributed by atoms with E-state index in [1.807, 2.05) is 6.07 Å². The maximum Gasteiger partial charge on any atom is 0.124 e. The van der Waals surface area contributed by atoms with Crippen LogP contribution >= 0.6 is 31.9 Å². The van der Waals surface area contributed by atoms with Gasteiger partial charge in [0, 0.05) is 4.47 Å². The van der Waals surface area contributed by atoms with E-state index in [1.165, 1.54) is 33.9 Å². The van der Waals surface area contributed by atoms with Crippen LogP contribution < -0.4 is 0 Å². The third-order valence-electron chi connectivity index (χ3n) is 3.86. The Morgan fingerprint density at radius 2 is 1.45 bits per heavy atom. The molecular formula is C17H17Br2F. The normalized spacial score (nSPS) is 12.6. The van der Waals surface area contributed by atoms with Crippen molar-refractivity contribution >= 4 is 31.9 Å². The topological polar surface area (TPSA) is 0 Å². The summed E-state index contributed by atoms with van der Waals surface area (Å²) < 4.78 is 14.4. The fraction of sp³-hybridized carbons (Fsp3) is 0.294. The number of hydrogen-bond donors (Lipinski definition) is 0. The van der Waals surface area contributed by atoms with Crippen molar-refractivity contribution in [1.29, 1.82) is 0 Å². The molecule has 106 valence electrons. The molecule has 2 aromatic carbocycles. The summed E-state index contributed by atoms with van der Waals surface area (Å²) in [5, 5.41) is 0. The van der Waals surface area contributed by atoms with Crippen molar-refractivity contribution in [3.63, 3.8) is 0 Å². The van der Waals surface area contributed by atoms with Crippen LogP contribution in [0.25, 0.3) is 0 Å². The predicted molar refractivity (Wildman–Crippen MR) is 90.3 cm³/mol. The molecule has 0 N–H and O–H groups in total. The van der Waals surface area contributed by atoms with E-state index in [9.17, 15) is 4.39 Å². The van der Waals surface area contributed by atoms with Gasteiger partial charge < -0.3 is 0 Å². The molecule has 2 aromatic rings. The number of alkyl halides is 1. The molecular weight excluding hydrogens is 383 g/mol. The van der Waals surface area contributed by atoms with Crippen LogP contribution in [0.1, 0.15) is 38.2 Å². The minimum atomic E-state index is -0.224. The Kier molecular flexibility index (Phi) is 4.70. The quantitative estimate of drug-likeness (QED) is 0.519. The van der Waals surface area contributed by atoms with Crippen molar-refractivity contribution in [2.45, 2.75) is 32.5 Å². The number of aryl methyl sites for hydroxylation is 2. The van der Waals surface area contributed by atoms with E-state index in [4.69, 9.17) is 0 Å². The van der Waals surface area contributed by atoms with Gasteiger partial charge in [-0.1, -0.05) is 37.9 Å². The molecule has 0 aliphatic rings. The van der Waals surface area contributed by atoms with Crippen molar-refractivity contribution in [3.8, 4) is 0 Å². The SMILES string of the molecule is Cc1cc(C)c(C)c(C(Br)c2cc(F)cc(Br)c2)c1C. The molecule has 0 fully saturated rings. The van der Waals surface area contributed by atoms with Gasteiger partial charge in [-0.2, -0.15) is 0 Å². The van der Waals surface area contributed by atoms with Gasteiger partial charge in [-0.15, -0.1) is 0 Å². The highest BCUT2D eigenvalue weighted by Gasteiger charge is 2.19. The number of hydrogen-bond acceptors (Lipinski definition) is 0. The first-order valence-corrected chi connectivity index (χ1v) is 8.19. The van der Waals surface area contributed by atoms with Crippen LogP contribution in [0.4, 0.5) is 4.39 Å². The van der Waals surface area contributed by atoms with Crippen LogP contribution in [0.2, 0.25) is 0 Å². The van der Waals surface area contributed by atoms with Crippen LogP contribution in [0, 0.1) is 33.5 Å². The highest BCUT2D eigenvalue weighted by atomic mass is 79.9. The maximum atomic E-state index is 13.6. The van der Waals surface area contributed by atoms with Gasteiger partial charge in [-0.25, -0.2) is 4.39 Å². The summed E-state index contributed by atoms with van der Waals surface area (Å²) in [4.78, 5) is -0.00639. The van der Waals surface area contributed by atoms with E-state index >= 15 is 0 Å². The Labute approximate surface area is 136 Å². The minimum Gasteiger partial charge on any atom is -0.207 e. The molecule has 0 saturated heterocycles.